The Labute approximate surface area is 70.0 Å². The van der Waals surface area contributed by atoms with Crippen LogP contribution < -0.4 is 5.32 Å². The zero-order chi connectivity index (χ0) is 8.97. The maximum Gasteiger partial charge on any atom is 0.404 e. The first kappa shape index (κ1) is 8.58. The molecule has 2 N–H and O–H groups in total. The van der Waals surface area contributed by atoms with Gasteiger partial charge in [0.2, 0.25) is 0 Å². The first-order valence-electron chi connectivity index (χ1n) is 3.71. The SMILES string of the molecule is CCn1nccc1CNC(=O)O. The van der Waals surface area contributed by atoms with E-state index in [1.807, 2.05) is 6.92 Å². The monoisotopic (exact) mass is 169 g/mol. The zero-order valence-electron chi connectivity index (χ0n) is 6.82. The van der Waals surface area contributed by atoms with Crippen molar-refractivity contribution in [2.75, 3.05) is 0 Å². The molecule has 0 spiro atoms. The smallest absolute Gasteiger partial charge is 0.404 e. The van der Waals surface area contributed by atoms with Crippen LogP contribution >= 0.6 is 0 Å². The molecular formula is C7H11N3O2. The molecule has 5 heteroatoms. The fourth-order valence-corrected chi connectivity index (χ4v) is 0.961. The fraction of sp³-hybridized carbons (Fsp3) is 0.429. The number of hydrogen-bond acceptors (Lipinski definition) is 2. The third-order valence-corrected chi connectivity index (χ3v) is 1.52. The van der Waals surface area contributed by atoms with Crippen LogP contribution in [0, 0.1) is 0 Å². The van der Waals surface area contributed by atoms with Crippen molar-refractivity contribution >= 4 is 6.09 Å². The van der Waals surface area contributed by atoms with Crippen LogP contribution in [0.4, 0.5) is 4.79 Å². The maximum absolute atomic E-state index is 10.2. The molecule has 1 aromatic rings. The predicted octanol–water partition coefficient (Wildman–Crippen LogP) is 0.671. The summed E-state index contributed by atoms with van der Waals surface area (Å²) in [5.74, 6) is 0. The van der Waals surface area contributed by atoms with Gasteiger partial charge in [-0.1, -0.05) is 0 Å². The zero-order valence-corrected chi connectivity index (χ0v) is 6.82. The summed E-state index contributed by atoms with van der Waals surface area (Å²) in [5.41, 5.74) is 0.875. The molecule has 0 unspecified atom stereocenters. The number of nitrogens with zero attached hydrogens (tertiary/aromatic N) is 2. The first-order chi connectivity index (χ1) is 5.74. The fourth-order valence-electron chi connectivity index (χ4n) is 0.961. The topological polar surface area (TPSA) is 67.2 Å². The van der Waals surface area contributed by atoms with E-state index < -0.39 is 6.09 Å². The average Bonchev–Trinajstić information content (AvgIpc) is 2.47. The van der Waals surface area contributed by atoms with Gasteiger partial charge in [0.05, 0.1) is 12.2 Å². The molecule has 0 aliphatic carbocycles. The highest BCUT2D eigenvalue weighted by molar-refractivity contribution is 5.64. The molecule has 5 nitrogen and oxygen atoms in total. The Kier molecular flexibility index (Phi) is 2.68. The van der Waals surface area contributed by atoms with Crippen LogP contribution in [0.3, 0.4) is 0 Å². The summed E-state index contributed by atoms with van der Waals surface area (Å²) in [6.07, 6.45) is 0.640. The van der Waals surface area contributed by atoms with Crippen molar-refractivity contribution in [2.24, 2.45) is 0 Å². The lowest BCUT2D eigenvalue weighted by atomic mass is 10.4. The summed E-state index contributed by atoms with van der Waals surface area (Å²) in [7, 11) is 0. The summed E-state index contributed by atoms with van der Waals surface area (Å²) in [6.45, 7) is 3.02. The number of aromatic nitrogens is 2. The number of hydrogen-bond donors (Lipinski definition) is 2. The summed E-state index contributed by atoms with van der Waals surface area (Å²) in [6, 6.07) is 1.79. The molecule has 1 heterocycles. The third kappa shape index (κ3) is 1.98. The molecular weight excluding hydrogens is 158 g/mol. The molecule has 0 saturated carbocycles. The van der Waals surface area contributed by atoms with Gasteiger partial charge >= 0.3 is 6.09 Å². The minimum Gasteiger partial charge on any atom is -0.465 e. The maximum atomic E-state index is 10.2. The Bertz CT molecular complexity index is 269. The van der Waals surface area contributed by atoms with E-state index in [1.165, 1.54) is 0 Å². The van der Waals surface area contributed by atoms with Gasteiger partial charge in [0.1, 0.15) is 0 Å². The van der Waals surface area contributed by atoms with E-state index in [4.69, 9.17) is 5.11 Å². The molecule has 0 aliphatic heterocycles. The van der Waals surface area contributed by atoms with Crippen molar-refractivity contribution in [1.29, 1.82) is 0 Å². The molecule has 0 atom stereocenters. The lowest BCUT2D eigenvalue weighted by Gasteiger charge is -2.03. The van der Waals surface area contributed by atoms with Crippen molar-refractivity contribution in [2.45, 2.75) is 20.0 Å². The van der Waals surface area contributed by atoms with E-state index in [2.05, 4.69) is 10.4 Å². The van der Waals surface area contributed by atoms with Crippen molar-refractivity contribution < 1.29 is 9.90 Å². The van der Waals surface area contributed by atoms with Crippen LogP contribution in [0.2, 0.25) is 0 Å². The van der Waals surface area contributed by atoms with Crippen molar-refractivity contribution in [3.63, 3.8) is 0 Å². The van der Waals surface area contributed by atoms with Gasteiger partial charge in [-0.15, -0.1) is 0 Å². The Morgan fingerprint density at radius 2 is 2.58 bits per heavy atom. The van der Waals surface area contributed by atoms with Crippen LogP contribution in [0.1, 0.15) is 12.6 Å². The highest BCUT2D eigenvalue weighted by Crippen LogP contribution is 1.97. The van der Waals surface area contributed by atoms with Crippen molar-refractivity contribution in [3.8, 4) is 0 Å². The minimum atomic E-state index is -1.01. The quantitative estimate of drug-likeness (QED) is 0.698. The van der Waals surface area contributed by atoms with E-state index in [1.54, 1.807) is 16.9 Å². The standard InChI is InChI=1S/C7H11N3O2/c1-2-10-6(3-4-9-10)5-8-7(11)12/h3-4,8H,2,5H2,1H3,(H,11,12). The molecule has 12 heavy (non-hydrogen) atoms. The van der Waals surface area contributed by atoms with Gasteiger partial charge in [0.25, 0.3) is 0 Å². The lowest BCUT2D eigenvalue weighted by Crippen LogP contribution is -2.21. The molecule has 1 aromatic heterocycles. The van der Waals surface area contributed by atoms with Crippen LogP contribution in [0.25, 0.3) is 0 Å². The van der Waals surface area contributed by atoms with E-state index in [0.29, 0.717) is 6.54 Å². The van der Waals surface area contributed by atoms with Crippen LogP contribution in [0.5, 0.6) is 0 Å². The van der Waals surface area contributed by atoms with E-state index >= 15 is 0 Å². The molecule has 0 radical (unpaired) electrons. The van der Waals surface area contributed by atoms with Gasteiger partial charge in [-0.2, -0.15) is 5.10 Å². The second-order valence-electron chi connectivity index (χ2n) is 2.30. The van der Waals surface area contributed by atoms with E-state index in [0.717, 1.165) is 12.2 Å². The van der Waals surface area contributed by atoms with Gasteiger partial charge in [0.15, 0.2) is 0 Å². The molecule has 0 saturated heterocycles. The predicted molar refractivity (Wildman–Crippen MR) is 42.8 cm³/mol. The van der Waals surface area contributed by atoms with Gasteiger partial charge in [-0.25, -0.2) is 4.79 Å². The Balaban J connectivity index is 2.56. The second-order valence-corrected chi connectivity index (χ2v) is 2.30. The lowest BCUT2D eigenvalue weighted by molar-refractivity contribution is 0.193. The third-order valence-electron chi connectivity index (χ3n) is 1.52. The van der Waals surface area contributed by atoms with Gasteiger partial charge < -0.3 is 10.4 Å². The minimum absolute atomic E-state index is 0.309. The Morgan fingerprint density at radius 1 is 1.83 bits per heavy atom. The number of aryl methyl sites for hydroxylation is 1. The number of amides is 1. The molecule has 1 rings (SSSR count). The molecule has 0 fully saturated rings. The van der Waals surface area contributed by atoms with E-state index in [9.17, 15) is 4.79 Å². The van der Waals surface area contributed by atoms with Gasteiger partial charge in [-0.05, 0) is 13.0 Å². The molecule has 0 bridgehead atoms. The average molecular weight is 169 g/mol. The van der Waals surface area contributed by atoms with Crippen LogP contribution in [-0.4, -0.2) is 21.0 Å². The van der Waals surface area contributed by atoms with Gasteiger partial charge in [-0.3, -0.25) is 4.68 Å². The summed E-state index contributed by atoms with van der Waals surface area (Å²) in [5, 5.41) is 14.6. The molecule has 0 aromatic carbocycles. The van der Waals surface area contributed by atoms with Crippen molar-refractivity contribution in [3.05, 3.63) is 18.0 Å². The van der Waals surface area contributed by atoms with Crippen molar-refractivity contribution in [1.82, 2.24) is 15.1 Å². The number of carbonyl (C=O) groups is 1. The number of carboxylic acid groups (broad SMARTS) is 1. The Hall–Kier alpha value is -1.52. The first-order valence-corrected chi connectivity index (χ1v) is 3.71. The number of nitrogens with one attached hydrogen (secondary N) is 1. The molecule has 0 aliphatic rings. The van der Waals surface area contributed by atoms with Crippen LogP contribution in [-0.2, 0) is 13.1 Å². The Morgan fingerprint density at radius 3 is 3.17 bits per heavy atom. The van der Waals surface area contributed by atoms with E-state index in [-0.39, 0.29) is 0 Å². The summed E-state index contributed by atoms with van der Waals surface area (Å²) < 4.78 is 1.75. The number of rotatable bonds is 3. The summed E-state index contributed by atoms with van der Waals surface area (Å²) >= 11 is 0. The largest absolute Gasteiger partial charge is 0.465 e. The van der Waals surface area contributed by atoms with Gasteiger partial charge in [0, 0.05) is 12.7 Å². The highest BCUT2D eigenvalue weighted by Gasteiger charge is 2.01. The van der Waals surface area contributed by atoms with Crippen LogP contribution in [0.15, 0.2) is 12.3 Å². The molecule has 66 valence electrons. The second kappa shape index (κ2) is 3.75. The normalized spacial score (nSPS) is 9.75. The summed E-state index contributed by atoms with van der Waals surface area (Å²) in [4.78, 5) is 10.2. The highest BCUT2D eigenvalue weighted by atomic mass is 16.4. The molecule has 1 amide bonds.